The van der Waals surface area contributed by atoms with Crippen LogP contribution in [-0.2, 0) is 0 Å². The van der Waals surface area contributed by atoms with E-state index in [9.17, 15) is 0 Å². The number of nitrogens with zero attached hydrogens (tertiary/aromatic N) is 6. The highest BCUT2D eigenvalue weighted by Crippen LogP contribution is 2.20. The molecule has 0 atom stereocenters. The molecule has 7 heteroatoms. The zero-order chi connectivity index (χ0) is 14.7. The fourth-order valence-corrected chi connectivity index (χ4v) is 1.94. The lowest BCUT2D eigenvalue weighted by Crippen LogP contribution is -2.10. The molecule has 0 saturated heterocycles. The lowest BCUT2D eigenvalue weighted by atomic mass is 10.1. The highest BCUT2D eigenvalue weighted by Gasteiger charge is 2.11. The van der Waals surface area contributed by atoms with Crippen molar-refractivity contribution in [1.82, 2.24) is 29.7 Å². The van der Waals surface area contributed by atoms with E-state index >= 15 is 0 Å². The van der Waals surface area contributed by atoms with E-state index in [0.29, 0.717) is 17.7 Å². The van der Waals surface area contributed by atoms with Gasteiger partial charge in [-0.1, -0.05) is 0 Å². The van der Waals surface area contributed by atoms with E-state index in [-0.39, 0.29) is 0 Å². The van der Waals surface area contributed by atoms with Gasteiger partial charge in [0.25, 0.3) is 5.95 Å². The smallest absolute Gasteiger partial charge is 0.255 e. The van der Waals surface area contributed by atoms with Crippen LogP contribution in [0.2, 0.25) is 0 Å². The zero-order valence-electron chi connectivity index (χ0n) is 11.9. The minimum absolute atomic E-state index is 0.483. The predicted octanol–water partition coefficient (Wildman–Crippen LogP) is 1.86. The first-order valence-corrected chi connectivity index (χ1v) is 6.69. The summed E-state index contributed by atoms with van der Waals surface area (Å²) >= 11 is 0. The van der Waals surface area contributed by atoms with Crippen LogP contribution < -0.4 is 5.32 Å². The summed E-state index contributed by atoms with van der Waals surface area (Å²) in [5.41, 5.74) is 1.94. The Kier molecular flexibility index (Phi) is 3.55. The van der Waals surface area contributed by atoms with Gasteiger partial charge in [-0.3, -0.25) is 4.98 Å². The van der Waals surface area contributed by atoms with E-state index < -0.39 is 0 Å². The van der Waals surface area contributed by atoms with Crippen molar-refractivity contribution in [3.05, 3.63) is 42.5 Å². The van der Waals surface area contributed by atoms with Gasteiger partial charge in [0, 0.05) is 36.9 Å². The molecule has 0 fully saturated rings. The van der Waals surface area contributed by atoms with Gasteiger partial charge >= 0.3 is 0 Å². The van der Waals surface area contributed by atoms with Crippen molar-refractivity contribution in [1.29, 1.82) is 0 Å². The van der Waals surface area contributed by atoms with E-state index in [0.717, 1.165) is 17.7 Å². The monoisotopic (exact) mass is 281 g/mol. The van der Waals surface area contributed by atoms with E-state index in [1.165, 1.54) is 0 Å². The second-order valence-electron chi connectivity index (χ2n) is 4.45. The van der Waals surface area contributed by atoms with Crippen molar-refractivity contribution < 1.29 is 0 Å². The first-order chi connectivity index (χ1) is 10.3. The number of aryl methyl sites for hydroxylation is 1. The molecule has 0 saturated carbocycles. The molecule has 3 heterocycles. The number of hydrogen-bond donors (Lipinski definition) is 1. The normalized spacial score (nSPS) is 10.6. The molecule has 106 valence electrons. The Balaban J connectivity index is 2.14. The third-order valence-corrected chi connectivity index (χ3v) is 2.93. The Hall–Kier alpha value is -2.83. The number of anilines is 1. The molecule has 0 unspecified atom stereocenters. The van der Waals surface area contributed by atoms with Gasteiger partial charge in [0.2, 0.25) is 5.95 Å². The summed E-state index contributed by atoms with van der Waals surface area (Å²) in [6, 6.07) is 3.72. The van der Waals surface area contributed by atoms with Crippen LogP contribution >= 0.6 is 0 Å². The Labute approximate surface area is 122 Å². The minimum Gasteiger partial charge on any atom is -0.354 e. The van der Waals surface area contributed by atoms with Gasteiger partial charge in [-0.2, -0.15) is 20.1 Å². The molecule has 3 aromatic rings. The average molecular weight is 281 g/mol. The van der Waals surface area contributed by atoms with Crippen LogP contribution in [0.1, 0.15) is 12.5 Å². The maximum Gasteiger partial charge on any atom is 0.255 e. The molecule has 0 radical (unpaired) electrons. The summed E-state index contributed by atoms with van der Waals surface area (Å²) in [7, 11) is 0. The fraction of sp³-hybridized carbons (Fsp3) is 0.214. The summed E-state index contributed by atoms with van der Waals surface area (Å²) in [5, 5.41) is 7.29. The van der Waals surface area contributed by atoms with Crippen molar-refractivity contribution in [2.75, 3.05) is 11.9 Å². The first kappa shape index (κ1) is 13.2. The topological polar surface area (TPSA) is 81.4 Å². The highest BCUT2D eigenvalue weighted by molar-refractivity contribution is 5.60. The molecule has 3 aromatic heterocycles. The quantitative estimate of drug-likeness (QED) is 0.786. The van der Waals surface area contributed by atoms with Gasteiger partial charge in [-0.15, -0.1) is 0 Å². The number of aromatic nitrogens is 6. The average Bonchev–Trinajstić information content (AvgIpc) is 3.02. The molecule has 21 heavy (non-hydrogen) atoms. The molecule has 0 aliphatic heterocycles. The first-order valence-electron chi connectivity index (χ1n) is 6.69. The van der Waals surface area contributed by atoms with Gasteiger partial charge in [0.15, 0.2) is 5.82 Å². The molecular weight excluding hydrogens is 266 g/mol. The van der Waals surface area contributed by atoms with Crippen molar-refractivity contribution in [2.24, 2.45) is 0 Å². The SMILES string of the molecule is CCNc1nc(-c2ccncc2C)nc(-n2cccn2)n1. The van der Waals surface area contributed by atoms with Crippen LogP contribution in [-0.4, -0.2) is 36.3 Å². The van der Waals surface area contributed by atoms with Crippen molar-refractivity contribution in [3.63, 3.8) is 0 Å². The third-order valence-electron chi connectivity index (χ3n) is 2.93. The van der Waals surface area contributed by atoms with E-state index in [2.05, 4.69) is 30.4 Å². The lowest BCUT2D eigenvalue weighted by Gasteiger charge is -2.09. The zero-order valence-corrected chi connectivity index (χ0v) is 11.9. The van der Waals surface area contributed by atoms with Gasteiger partial charge in [0.05, 0.1) is 0 Å². The van der Waals surface area contributed by atoms with Crippen molar-refractivity contribution in [2.45, 2.75) is 13.8 Å². The predicted molar refractivity (Wildman–Crippen MR) is 79.1 cm³/mol. The summed E-state index contributed by atoms with van der Waals surface area (Å²) in [6.07, 6.45) is 7.01. The number of nitrogens with one attached hydrogen (secondary N) is 1. The van der Waals surface area contributed by atoms with Crippen LogP contribution in [0.25, 0.3) is 17.3 Å². The molecular formula is C14H15N7. The largest absolute Gasteiger partial charge is 0.354 e. The molecule has 0 amide bonds. The minimum atomic E-state index is 0.483. The molecule has 0 spiro atoms. The molecule has 7 nitrogen and oxygen atoms in total. The van der Waals surface area contributed by atoms with Crippen LogP contribution in [0.15, 0.2) is 36.9 Å². The van der Waals surface area contributed by atoms with Gasteiger partial charge in [-0.05, 0) is 31.5 Å². The number of pyridine rings is 1. The lowest BCUT2D eigenvalue weighted by molar-refractivity contribution is 0.798. The summed E-state index contributed by atoms with van der Waals surface area (Å²) in [6.45, 7) is 4.71. The van der Waals surface area contributed by atoms with E-state index in [1.807, 2.05) is 26.0 Å². The summed E-state index contributed by atoms with van der Waals surface area (Å²) in [5.74, 6) is 1.62. The van der Waals surface area contributed by atoms with Gasteiger partial charge in [0.1, 0.15) is 0 Å². The molecule has 3 rings (SSSR count). The number of hydrogen-bond acceptors (Lipinski definition) is 6. The van der Waals surface area contributed by atoms with Gasteiger partial charge in [-0.25, -0.2) is 4.68 Å². The Morgan fingerprint density at radius 1 is 1.19 bits per heavy atom. The Morgan fingerprint density at radius 2 is 2.10 bits per heavy atom. The van der Waals surface area contributed by atoms with E-state index in [4.69, 9.17) is 0 Å². The maximum atomic E-state index is 4.50. The standard InChI is InChI=1S/C14H15N7/c1-3-16-13-18-12(11-5-7-15-9-10(11)2)19-14(20-13)21-8-4-6-17-21/h4-9H,3H2,1-2H3,(H,16,18,19,20). The van der Waals surface area contributed by atoms with Crippen molar-refractivity contribution >= 4 is 5.95 Å². The van der Waals surface area contributed by atoms with Crippen LogP contribution in [0, 0.1) is 6.92 Å². The number of rotatable bonds is 4. The second kappa shape index (κ2) is 5.66. The molecule has 0 aliphatic carbocycles. The van der Waals surface area contributed by atoms with E-state index in [1.54, 1.807) is 29.5 Å². The maximum absolute atomic E-state index is 4.50. The van der Waals surface area contributed by atoms with Crippen LogP contribution in [0.3, 0.4) is 0 Å². The molecule has 0 bridgehead atoms. The fourth-order valence-electron chi connectivity index (χ4n) is 1.94. The van der Waals surface area contributed by atoms with Crippen LogP contribution in [0.5, 0.6) is 0 Å². The molecule has 0 aromatic carbocycles. The van der Waals surface area contributed by atoms with Crippen molar-refractivity contribution in [3.8, 4) is 17.3 Å². The summed E-state index contributed by atoms with van der Waals surface area (Å²) in [4.78, 5) is 17.4. The second-order valence-corrected chi connectivity index (χ2v) is 4.45. The summed E-state index contributed by atoms with van der Waals surface area (Å²) < 4.78 is 1.61. The van der Waals surface area contributed by atoms with Gasteiger partial charge < -0.3 is 5.32 Å². The Bertz CT molecular complexity index is 737. The molecule has 1 N–H and O–H groups in total. The third kappa shape index (κ3) is 2.71. The molecule has 0 aliphatic rings. The van der Waals surface area contributed by atoms with Crippen LogP contribution in [0.4, 0.5) is 5.95 Å². The highest BCUT2D eigenvalue weighted by atomic mass is 15.4. The Morgan fingerprint density at radius 3 is 2.81 bits per heavy atom.